The van der Waals surface area contributed by atoms with E-state index in [4.69, 9.17) is 0 Å². The zero-order chi connectivity index (χ0) is 18.6. The van der Waals surface area contributed by atoms with Crippen LogP contribution in [0.3, 0.4) is 0 Å². The van der Waals surface area contributed by atoms with Crippen molar-refractivity contribution in [2.45, 2.75) is 6.18 Å². The number of amides is 1. The second kappa shape index (κ2) is 7.26. The molecular formula is C19H14F3N3O. The third kappa shape index (κ3) is 4.38. The Morgan fingerprint density at radius 2 is 1.62 bits per heavy atom. The van der Waals surface area contributed by atoms with Crippen molar-refractivity contribution >= 4 is 23.1 Å². The van der Waals surface area contributed by atoms with Gasteiger partial charge in [0, 0.05) is 23.1 Å². The first kappa shape index (κ1) is 17.5. The molecule has 0 bridgehead atoms. The van der Waals surface area contributed by atoms with E-state index in [9.17, 15) is 18.0 Å². The largest absolute Gasteiger partial charge is 0.416 e. The maximum atomic E-state index is 12.8. The molecule has 4 nitrogen and oxygen atoms in total. The minimum absolute atomic E-state index is 0.0687. The molecule has 0 atom stereocenters. The van der Waals surface area contributed by atoms with Crippen LogP contribution in [-0.4, -0.2) is 10.9 Å². The number of anilines is 3. The molecule has 0 saturated heterocycles. The lowest BCUT2D eigenvalue weighted by Gasteiger charge is -2.11. The van der Waals surface area contributed by atoms with E-state index in [1.54, 1.807) is 0 Å². The van der Waals surface area contributed by atoms with Crippen LogP contribution < -0.4 is 10.6 Å². The Morgan fingerprint density at radius 1 is 0.885 bits per heavy atom. The van der Waals surface area contributed by atoms with Gasteiger partial charge in [0.1, 0.15) is 5.82 Å². The van der Waals surface area contributed by atoms with Crippen LogP contribution >= 0.6 is 0 Å². The molecule has 0 aliphatic carbocycles. The normalized spacial score (nSPS) is 11.0. The van der Waals surface area contributed by atoms with E-state index in [0.29, 0.717) is 5.82 Å². The van der Waals surface area contributed by atoms with E-state index in [1.807, 2.05) is 30.3 Å². The highest BCUT2D eigenvalue weighted by atomic mass is 19.4. The van der Waals surface area contributed by atoms with Gasteiger partial charge in [-0.1, -0.05) is 24.3 Å². The van der Waals surface area contributed by atoms with Crippen molar-refractivity contribution in [3.05, 3.63) is 84.1 Å². The summed E-state index contributed by atoms with van der Waals surface area (Å²) in [6.07, 6.45) is -3.02. The van der Waals surface area contributed by atoms with Gasteiger partial charge >= 0.3 is 6.18 Å². The van der Waals surface area contributed by atoms with E-state index in [0.717, 1.165) is 17.8 Å². The van der Waals surface area contributed by atoms with E-state index in [-0.39, 0.29) is 11.3 Å². The Morgan fingerprint density at radius 3 is 2.35 bits per heavy atom. The van der Waals surface area contributed by atoms with E-state index < -0.39 is 17.6 Å². The number of pyridine rings is 1. The second-order valence-electron chi connectivity index (χ2n) is 5.45. The van der Waals surface area contributed by atoms with Gasteiger partial charge in [-0.05, 0) is 42.5 Å². The van der Waals surface area contributed by atoms with Crippen molar-refractivity contribution in [3.63, 3.8) is 0 Å². The molecule has 2 aromatic carbocycles. The molecule has 0 aliphatic heterocycles. The number of benzene rings is 2. The molecule has 0 spiro atoms. The predicted molar refractivity (Wildman–Crippen MR) is 93.4 cm³/mol. The Bertz CT molecular complexity index is 911. The van der Waals surface area contributed by atoms with Crippen LogP contribution in [0, 0.1) is 0 Å². The number of hydrogen-bond donors (Lipinski definition) is 2. The Balaban J connectivity index is 1.75. The zero-order valence-corrected chi connectivity index (χ0v) is 13.4. The van der Waals surface area contributed by atoms with Crippen molar-refractivity contribution in [1.29, 1.82) is 0 Å². The van der Waals surface area contributed by atoms with Crippen molar-refractivity contribution in [3.8, 4) is 0 Å². The number of hydrogen-bond acceptors (Lipinski definition) is 3. The standard InChI is InChI=1S/C19H14F3N3O/c20-19(21,22)14-5-4-8-16(12-14)25-18(26)13-9-10-23-17(11-13)24-15-6-2-1-3-7-15/h1-12H,(H,23,24)(H,25,26). The highest BCUT2D eigenvalue weighted by Crippen LogP contribution is 2.30. The third-order valence-electron chi connectivity index (χ3n) is 3.52. The summed E-state index contributed by atoms with van der Waals surface area (Å²) in [6, 6.07) is 16.8. The Kier molecular flexibility index (Phi) is 4.88. The summed E-state index contributed by atoms with van der Waals surface area (Å²) < 4.78 is 38.3. The van der Waals surface area contributed by atoms with Gasteiger partial charge in [-0.25, -0.2) is 4.98 Å². The summed E-state index contributed by atoms with van der Waals surface area (Å²) in [7, 11) is 0. The average Bonchev–Trinajstić information content (AvgIpc) is 2.62. The maximum absolute atomic E-state index is 12.8. The molecular weight excluding hydrogens is 343 g/mol. The number of rotatable bonds is 4. The van der Waals surface area contributed by atoms with E-state index in [1.165, 1.54) is 30.5 Å². The fourth-order valence-electron chi connectivity index (χ4n) is 2.29. The van der Waals surface area contributed by atoms with Gasteiger partial charge in [0.2, 0.25) is 0 Å². The van der Waals surface area contributed by atoms with Crippen LogP contribution in [0.15, 0.2) is 72.9 Å². The number of halogens is 3. The Hall–Kier alpha value is -3.35. The van der Waals surface area contributed by atoms with Crippen LogP contribution in [0.2, 0.25) is 0 Å². The molecule has 3 rings (SSSR count). The summed E-state index contributed by atoms with van der Waals surface area (Å²) in [4.78, 5) is 16.5. The quantitative estimate of drug-likeness (QED) is 0.683. The molecule has 26 heavy (non-hydrogen) atoms. The van der Waals surface area contributed by atoms with Gasteiger partial charge in [0.15, 0.2) is 0 Å². The maximum Gasteiger partial charge on any atom is 0.416 e. The lowest BCUT2D eigenvalue weighted by atomic mass is 10.2. The van der Waals surface area contributed by atoms with Crippen molar-refractivity contribution < 1.29 is 18.0 Å². The molecule has 3 aromatic rings. The molecule has 1 aromatic heterocycles. The van der Waals surface area contributed by atoms with Crippen molar-refractivity contribution in [2.24, 2.45) is 0 Å². The zero-order valence-electron chi connectivity index (χ0n) is 13.4. The number of nitrogens with zero attached hydrogens (tertiary/aromatic N) is 1. The topological polar surface area (TPSA) is 54.0 Å². The molecule has 1 heterocycles. The molecule has 0 unspecified atom stereocenters. The molecule has 0 radical (unpaired) electrons. The summed E-state index contributed by atoms with van der Waals surface area (Å²) in [5.41, 5.74) is 0.321. The minimum Gasteiger partial charge on any atom is -0.340 e. The highest BCUT2D eigenvalue weighted by Gasteiger charge is 2.30. The fraction of sp³-hybridized carbons (Fsp3) is 0.0526. The molecule has 7 heteroatoms. The SMILES string of the molecule is O=C(Nc1cccc(C(F)(F)F)c1)c1ccnc(Nc2ccccc2)c1. The number of alkyl halides is 3. The summed E-state index contributed by atoms with van der Waals surface area (Å²) in [5.74, 6) is -0.0734. The van der Waals surface area contributed by atoms with E-state index >= 15 is 0 Å². The van der Waals surface area contributed by atoms with Gasteiger partial charge in [0.05, 0.1) is 5.56 Å². The minimum atomic E-state index is -4.47. The van der Waals surface area contributed by atoms with Crippen LogP contribution in [-0.2, 0) is 6.18 Å². The van der Waals surface area contributed by atoms with Crippen molar-refractivity contribution in [1.82, 2.24) is 4.98 Å². The average molecular weight is 357 g/mol. The first-order chi connectivity index (χ1) is 12.4. The highest BCUT2D eigenvalue weighted by molar-refractivity contribution is 6.04. The van der Waals surface area contributed by atoms with Crippen LogP contribution in [0.25, 0.3) is 0 Å². The van der Waals surface area contributed by atoms with Crippen LogP contribution in [0.1, 0.15) is 15.9 Å². The molecule has 0 aliphatic rings. The smallest absolute Gasteiger partial charge is 0.340 e. The second-order valence-corrected chi connectivity index (χ2v) is 5.45. The van der Waals surface area contributed by atoms with Gasteiger partial charge in [0.25, 0.3) is 5.91 Å². The summed E-state index contributed by atoms with van der Waals surface area (Å²) in [6.45, 7) is 0. The van der Waals surface area contributed by atoms with E-state index in [2.05, 4.69) is 15.6 Å². The molecule has 132 valence electrons. The molecule has 1 amide bonds. The number of carbonyl (C=O) groups excluding carboxylic acids is 1. The monoisotopic (exact) mass is 357 g/mol. The lowest BCUT2D eigenvalue weighted by Crippen LogP contribution is -2.13. The first-order valence-electron chi connectivity index (χ1n) is 7.68. The molecule has 0 fully saturated rings. The van der Waals surface area contributed by atoms with Gasteiger partial charge in [-0.15, -0.1) is 0 Å². The van der Waals surface area contributed by atoms with Gasteiger partial charge in [-0.3, -0.25) is 4.79 Å². The first-order valence-corrected chi connectivity index (χ1v) is 7.68. The number of aromatic nitrogens is 1. The number of carbonyl (C=O) groups is 1. The fourth-order valence-corrected chi connectivity index (χ4v) is 2.29. The molecule has 0 saturated carbocycles. The summed E-state index contributed by atoms with van der Waals surface area (Å²) >= 11 is 0. The number of para-hydroxylation sites is 1. The van der Waals surface area contributed by atoms with Gasteiger partial charge in [-0.2, -0.15) is 13.2 Å². The Labute approximate surface area is 147 Å². The van der Waals surface area contributed by atoms with Gasteiger partial charge < -0.3 is 10.6 Å². The number of nitrogens with one attached hydrogen (secondary N) is 2. The van der Waals surface area contributed by atoms with Crippen molar-refractivity contribution in [2.75, 3.05) is 10.6 Å². The van der Waals surface area contributed by atoms with Crippen LogP contribution in [0.4, 0.5) is 30.4 Å². The summed E-state index contributed by atoms with van der Waals surface area (Å²) in [5, 5.41) is 5.52. The lowest BCUT2D eigenvalue weighted by molar-refractivity contribution is -0.137. The predicted octanol–water partition coefficient (Wildman–Crippen LogP) is 5.10. The van der Waals surface area contributed by atoms with Crippen LogP contribution in [0.5, 0.6) is 0 Å². The third-order valence-corrected chi connectivity index (χ3v) is 3.52. The molecule has 2 N–H and O–H groups in total.